The van der Waals surface area contributed by atoms with Crippen molar-refractivity contribution in [2.75, 3.05) is 6.26 Å². The first-order chi connectivity index (χ1) is 8.08. The molecule has 17 heavy (non-hydrogen) atoms. The van der Waals surface area contributed by atoms with E-state index in [2.05, 4.69) is 11.6 Å². The van der Waals surface area contributed by atoms with Crippen molar-refractivity contribution in [2.24, 2.45) is 11.1 Å². The minimum atomic E-state index is -0.494. The van der Waals surface area contributed by atoms with Gasteiger partial charge < -0.3 is 11.1 Å². The molecule has 2 aliphatic rings. The van der Waals surface area contributed by atoms with E-state index in [1.807, 2.05) is 11.8 Å². The SMILES string of the molecule is CSC1CCC(NC(=O)C2(C(N)=S)CC2)CC1. The first kappa shape index (κ1) is 13.1. The lowest BCUT2D eigenvalue weighted by Gasteiger charge is -2.29. The lowest BCUT2D eigenvalue weighted by Crippen LogP contribution is -2.45. The normalized spacial score (nSPS) is 30.6. The van der Waals surface area contributed by atoms with Gasteiger partial charge in [0.25, 0.3) is 0 Å². The number of carbonyl (C=O) groups is 1. The summed E-state index contributed by atoms with van der Waals surface area (Å²) in [5, 5.41) is 3.90. The van der Waals surface area contributed by atoms with E-state index < -0.39 is 5.41 Å². The van der Waals surface area contributed by atoms with Crippen LogP contribution < -0.4 is 11.1 Å². The molecular weight excluding hydrogens is 252 g/mol. The Bertz CT molecular complexity index is 320. The van der Waals surface area contributed by atoms with Gasteiger partial charge in [0.1, 0.15) is 0 Å². The lowest BCUT2D eigenvalue weighted by molar-refractivity contribution is -0.124. The first-order valence-corrected chi connectivity index (χ1v) is 7.92. The van der Waals surface area contributed by atoms with Crippen molar-refractivity contribution in [3.05, 3.63) is 0 Å². The Morgan fingerprint density at radius 2 is 1.94 bits per heavy atom. The topological polar surface area (TPSA) is 55.1 Å². The lowest BCUT2D eigenvalue weighted by atomic mass is 9.94. The van der Waals surface area contributed by atoms with Crippen molar-refractivity contribution in [1.29, 1.82) is 0 Å². The summed E-state index contributed by atoms with van der Waals surface area (Å²) in [6, 6.07) is 0.331. The van der Waals surface area contributed by atoms with Gasteiger partial charge in [-0.05, 0) is 44.8 Å². The fraction of sp³-hybridized carbons (Fsp3) is 0.833. The molecule has 0 atom stereocenters. The van der Waals surface area contributed by atoms with Crippen LogP contribution in [0.15, 0.2) is 0 Å². The largest absolute Gasteiger partial charge is 0.392 e. The van der Waals surface area contributed by atoms with Crippen LogP contribution in [0.5, 0.6) is 0 Å². The average Bonchev–Trinajstić information content (AvgIpc) is 3.11. The molecule has 0 heterocycles. The van der Waals surface area contributed by atoms with Crippen molar-refractivity contribution in [2.45, 2.75) is 49.8 Å². The predicted molar refractivity (Wildman–Crippen MR) is 76.2 cm³/mol. The maximum Gasteiger partial charge on any atom is 0.233 e. The van der Waals surface area contributed by atoms with Gasteiger partial charge in [-0.15, -0.1) is 0 Å². The molecule has 2 saturated carbocycles. The molecule has 0 aliphatic heterocycles. The monoisotopic (exact) mass is 272 g/mol. The number of amides is 1. The number of thiocarbonyl (C=S) groups is 1. The Balaban J connectivity index is 1.82. The van der Waals surface area contributed by atoms with Crippen LogP contribution in [0.4, 0.5) is 0 Å². The third-order valence-electron chi connectivity index (χ3n) is 4.00. The van der Waals surface area contributed by atoms with Gasteiger partial charge in [0, 0.05) is 11.3 Å². The highest BCUT2D eigenvalue weighted by molar-refractivity contribution is 7.99. The Morgan fingerprint density at radius 1 is 1.35 bits per heavy atom. The summed E-state index contributed by atoms with van der Waals surface area (Å²) in [6.45, 7) is 0. The molecule has 0 saturated heterocycles. The van der Waals surface area contributed by atoms with Crippen molar-refractivity contribution in [3.63, 3.8) is 0 Å². The third-order valence-corrected chi connectivity index (χ3v) is 5.53. The maximum atomic E-state index is 12.1. The summed E-state index contributed by atoms with van der Waals surface area (Å²) >= 11 is 6.93. The molecule has 2 fully saturated rings. The zero-order chi connectivity index (χ0) is 12.5. The molecule has 0 aromatic heterocycles. The van der Waals surface area contributed by atoms with Crippen LogP contribution in [0.2, 0.25) is 0 Å². The van der Waals surface area contributed by atoms with Crippen LogP contribution in [-0.2, 0) is 4.79 Å². The Morgan fingerprint density at radius 3 is 2.35 bits per heavy atom. The number of hydrogen-bond acceptors (Lipinski definition) is 3. The quantitative estimate of drug-likeness (QED) is 0.767. The second-order valence-electron chi connectivity index (χ2n) is 5.13. The summed E-state index contributed by atoms with van der Waals surface area (Å²) in [5.41, 5.74) is 5.16. The number of hydrogen-bond donors (Lipinski definition) is 2. The first-order valence-electron chi connectivity index (χ1n) is 6.22. The molecule has 2 rings (SSSR count). The molecule has 0 aromatic carbocycles. The standard InChI is InChI=1S/C12H20N2OS2/c1-17-9-4-2-8(3-5-9)14-11(15)12(6-7-12)10(13)16/h8-9H,2-7H2,1H3,(H2,13,16)(H,14,15). The van der Waals surface area contributed by atoms with E-state index in [4.69, 9.17) is 18.0 Å². The second kappa shape index (κ2) is 5.14. The summed E-state index contributed by atoms with van der Waals surface area (Å²) in [5.74, 6) is 0.0672. The van der Waals surface area contributed by atoms with E-state index >= 15 is 0 Å². The molecular formula is C12H20N2OS2. The average molecular weight is 272 g/mol. The highest BCUT2D eigenvalue weighted by Gasteiger charge is 2.53. The summed E-state index contributed by atoms with van der Waals surface area (Å²) in [4.78, 5) is 12.5. The van der Waals surface area contributed by atoms with Gasteiger partial charge in [0.2, 0.25) is 5.91 Å². The maximum absolute atomic E-state index is 12.1. The molecule has 5 heteroatoms. The highest BCUT2D eigenvalue weighted by atomic mass is 32.2. The fourth-order valence-corrected chi connectivity index (χ4v) is 3.52. The number of carbonyl (C=O) groups excluding carboxylic acids is 1. The summed E-state index contributed by atoms with van der Waals surface area (Å²) < 4.78 is 0. The van der Waals surface area contributed by atoms with Gasteiger partial charge in [-0.25, -0.2) is 0 Å². The van der Waals surface area contributed by atoms with Gasteiger partial charge in [0.05, 0.1) is 10.4 Å². The van der Waals surface area contributed by atoms with Crippen molar-refractivity contribution in [3.8, 4) is 0 Å². The molecule has 3 nitrogen and oxygen atoms in total. The molecule has 0 unspecified atom stereocenters. The Hall–Kier alpha value is -0.290. The van der Waals surface area contributed by atoms with Crippen molar-refractivity contribution >= 4 is 34.9 Å². The van der Waals surface area contributed by atoms with Gasteiger partial charge in [-0.3, -0.25) is 4.79 Å². The number of nitrogens with one attached hydrogen (secondary N) is 1. The van der Waals surface area contributed by atoms with Crippen LogP contribution in [0.3, 0.4) is 0 Å². The molecule has 0 bridgehead atoms. The zero-order valence-electron chi connectivity index (χ0n) is 10.2. The molecule has 3 N–H and O–H groups in total. The fourth-order valence-electron chi connectivity index (χ4n) is 2.48. The molecule has 0 aromatic rings. The minimum absolute atomic E-state index is 0.0672. The Kier molecular flexibility index (Phi) is 3.98. The number of rotatable bonds is 4. The minimum Gasteiger partial charge on any atom is -0.392 e. The third kappa shape index (κ3) is 2.76. The van der Waals surface area contributed by atoms with Crippen LogP contribution >= 0.6 is 24.0 Å². The molecule has 0 spiro atoms. The number of thioether (sulfide) groups is 1. The van der Waals surface area contributed by atoms with E-state index in [0.29, 0.717) is 11.0 Å². The van der Waals surface area contributed by atoms with Crippen LogP contribution in [-0.4, -0.2) is 28.4 Å². The van der Waals surface area contributed by atoms with Crippen LogP contribution in [0, 0.1) is 5.41 Å². The van der Waals surface area contributed by atoms with E-state index in [0.717, 1.165) is 30.9 Å². The van der Waals surface area contributed by atoms with E-state index in [-0.39, 0.29) is 5.91 Å². The van der Waals surface area contributed by atoms with Crippen molar-refractivity contribution in [1.82, 2.24) is 5.32 Å². The predicted octanol–water partition coefficient (Wildman–Crippen LogP) is 1.84. The van der Waals surface area contributed by atoms with Crippen molar-refractivity contribution < 1.29 is 4.79 Å². The smallest absolute Gasteiger partial charge is 0.233 e. The summed E-state index contributed by atoms with van der Waals surface area (Å²) in [7, 11) is 0. The van der Waals surface area contributed by atoms with Gasteiger partial charge in [0.15, 0.2) is 0 Å². The van der Waals surface area contributed by atoms with E-state index in [1.54, 1.807) is 0 Å². The molecule has 1 amide bonds. The van der Waals surface area contributed by atoms with E-state index in [1.165, 1.54) is 12.8 Å². The summed E-state index contributed by atoms with van der Waals surface area (Å²) in [6.07, 6.45) is 8.39. The molecule has 96 valence electrons. The molecule has 0 radical (unpaired) electrons. The highest BCUT2D eigenvalue weighted by Crippen LogP contribution is 2.46. The van der Waals surface area contributed by atoms with Crippen LogP contribution in [0.25, 0.3) is 0 Å². The van der Waals surface area contributed by atoms with Gasteiger partial charge >= 0.3 is 0 Å². The van der Waals surface area contributed by atoms with Gasteiger partial charge in [-0.1, -0.05) is 12.2 Å². The van der Waals surface area contributed by atoms with Gasteiger partial charge in [-0.2, -0.15) is 11.8 Å². The van der Waals surface area contributed by atoms with E-state index in [9.17, 15) is 4.79 Å². The second-order valence-corrected chi connectivity index (χ2v) is 6.71. The van der Waals surface area contributed by atoms with Crippen LogP contribution in [0.1, 0.15) is 38.5 Å². The Labute approximate surface area is 112 Å². The zero-order valence-corrected chi connectivity index (χ0v) is 11.8. The molecule has 2 aliphatic carbocycles. The number of nitrogens with two attached hydrogens (primary N) is 1.